The molecular weight excluding hydrogens is 312 g/mol. The van der Waals surface area contributed by atoms with Gasteiger partial charge < -0.3 is 5.32 Å². The van der Waals surface area contributed by atoms with Crippen LogP contribution in [0.2, 0.25) is 0 Å². The first-order valence-electron chi connectivity index (χ1n) is 6.59. The lowest BCUT2D eigenvalue weighted by Crippen LogP contribution is -2.22. The molecule has 0 fully saturated rings. The maximum absolute atomic E-state index is 13.0. The predicted molar refractivity (Wildman–Crippen MR) is 76.5 cm³/mol. The number of halogens is 4. The smallest absolute Gasteiger partial charge is 0.348 e. The van der Waals surface area contributed by atoms with Gasteiger partial charge in [0.25, 0.3) is 0 Å². The van der Waals surface area contributed by atoms with Gasteiger partial charge in [-0.15, -0.1) is 0 Å². The minimum atomic E-state index is -4.69. The second-order valence-corrected chi connectivity index (χ2v) is 4.60. The number of carbonyl (C=O) groups excluding carboxylic acids is 1. The molecule has 0 saturated carbocycles. The Hall–Kier alpha value is -2.70. The Morgan fingerprint density at radius 3 is 2.65 bits per heavy atom. The van der Waals surface area contributed by atoms with Crippen LogP contribution in [0.15, 0.2) is 48.7 Å². The molecule has 1 N–H and O–H groups in total. The third kappa shape index (κ3) is 4.91. The molecule has 120 valence electrons. The summed E-state index contributed by atoms with van der Waals surface area (Å²) in [5, 5.41) is 2.33. The molecule has 0 unspecified atom stereocenters. The topological polar surface area (TPSA) is 42.0 Å². The van der Waals surface area contributed by atoms with Crippen LogP contribution >= 0.6 is 0 Å². The van der Waals surface area contributed by atoms with Gasteiger partial charge in [0.2, 0.25) is 5.91 Å². The summed E-state index contributed by atoms with van der Waals surface area (Å²) in [6.45, 7) is -0.361. The molecular formula is C16H12F4N2O. The van der Waals surface area contributed by atoms with E-state index in [4.69, 9.17) is 0 Å². The highest BCUT2D eigenvalue weighted by molar-refractivity contribution is 5.91. The zero-order valence-electron chi connectivity index (χ0n) is 11.8. The molecule has 2 rings (SSSR count). The minimum Gasteiger partial charge on any atom is -0.348 e. The molecule has 0 saturated heterocycles. The van der Waals surface area contributed by atoms with Crippen LogP contribution in [0.3, 0.4) is 0 Å². The number of carbonyl (C=O) groups is 1. The maximum Gasteiger partial charge on any atom is 0.416 e. The number of alkyl halides is 3. The highest BCUT2D eigenvalue weighted by Crippen LogP contribution is 2.32. The number of nitrogens with zero attached hydrogens (tertiary/aromatic N) is 1. The first-order chi connectivity index (χ1) is 10.9. The van der Waals surface area contributed by atoms with Crippen LogP contribution in [0.1, 0.15) is 16.8 Å². The summed E-state index contributed by atoms with van der Waals surface area (Å²) in [6.07, 6.45) is -0.540. The molecule has 1 aromatic carbocycles. The van der Waals surface area contributed by atoms with Crippen molar-refractivity contribution in [2.45, 2.75) is 12.7 Å². The van der Waals surface area contributed by atoms with E-state index in [-0.39, 0.29) is 12.1 Å². The van der Waals surface area contributed by atoms with E-state index in [0.717, 1.165) is 12.1 Å². The van der Waals surface area contributed by atoms with E-state index in [1.807, 2.05) is 0 Å². The fraction of sp³-hybridized carbons (Fsp3) is 0.125. The molecule has 0 spiro atoms. The van der Waals surface area contributed by atoms with Gasteiger partial charge in [-0.2, -0.15) is 13.2 Å². The molecule has 2 aromatic rings. The normalized spacial score (nSPS) is 11.7. The van der Waals surface area contributed by atoms with Crippen LogP contribution in [0.25, 0.3) is 6.08 Å². The fourth-order valence-corrected chi connectivity index (χ4v) is 1.84. The van der Waals surface area contributed by atoms with Gasteiger partial charge in [-0.1, -0.05) is 12.1 Å². The van der Waals surface area contributed by atoms with Crippen molar-refractivity contribution in [3.8, 4) is 0 Å². The molecule has 0 radical (unpaired) electrons. The molecule has 0 bridgehead atoms. The van der Waals surface area contributed by atoms with Crippen LogP contribution in [0.5, 0.6) is 0 Å². The first kappa shape index (κ1) is 16.7. The van der Waals surface area contributed by atoms with Gasteiger partial charge in [-0.3, -0.25) is 9.78 Å². The summed E-state index contributed by atoms with van der Waals surface area (Å²) in [5.41, 5.74) is -0.773. The van der Waals surface area contributed by atoms with Crippen molar-refractivity contribution in [2.24, 2.45) is 0 Å². The fourth-order valence-electron chi connectivity index (χ4n) is 1.84. The van der Waals surface area contributed by atoms with E-state index < -0.39 is 23.5 Å². The van der Waals surface area contributed by atoms with Gasteiger partial charge in [0.15, 0.2) is 0 Å². The molecule has 0 aliphatic rings. The van der Waals surface area contributed by atoms with Gasteiger partial charge in [-0.05, 0) is 35.9 Å². The lowest BCUT2D eigenvalue weighted by molar-refractivity contribution is -0.138. The Kier molecular flexibility index (Phi) is 5.10. The lowest BCUT2D eigenvalue weighted by Gasteiger charge is -2.13. The number of aromatic nitrogens is 1. The summed E-state index contributed by atoms with van der Waals surface area (Å²) in [5.74, 6) is -1.56. The molecule has 0 atom stereocenters. The number of benzene rings is 1. The quantitative estimate of drug-likeness (QED) is 0.690. The molecule has 23 heavy (non-hydrogen) atoms. The van der Waals surface area contributed by atoms with Crippen molar-refractivity contribution < 1.29 is 22.4 Å². The van der Waals surface area contributed by atoms with Crippen LogP contribution in [-0.4, -0.2) is 10.9 Å². The van der Waals surface area contributed by atoms with Crippen LogP contribution in [0.4, 0.5) is 17.6 Å². The monoisotopic (exact) mass is 324 g/mol. The summed E-state index contributed by atoms with van der Waals surface area (Å²) in [6, 6.07) is 7.45. The number of rotatable bonds is 4. The Morgan fingerprint density at radius 2 is 2.00 bits per heavy atom. The van der Waals surface area contributed by atoms with Crippen LogP contribution in [0, 0.1) is 5.82 Å². The second kappa shape index (κ2) is 7.04. The van der Waals surface area contributed by atoms with Crippen molar-refractivity contribution in [1.82, 2.24) is 10.3 Å². The van der Waals surface area contributed by atoms with E-state index >= 15 is 0 Å². The van der Waals surface area contributed by atoms with Gasteiger partial charge in [0, 0.05) is 18.8 Å². The summed E-state index contributed by atoms with van der Waals surface area (Å²) in [7, 11) is 0. The van der Waals surface area contributed by atoms with E-state index in [9.17, 15) is 22.4 Å². The standard InChI is InChI=1S/C16H12F4N2O/c17-12-5-4-11(14(9-12)16(18,19)20)10-22-15(23)7-6-13-3-1-2-8-21-13/h1-9H,10H2,(H,22,23). The predicted octanol–water partition coefficient (Wildman–Crippen LogP) is 3.57. The number of amides is 1. The van der Waals surface area contributed by atoms with Crippen molar-refractivity contribution >= 4 is 12.0 Å². The minimum absolute atomic E-state index is 0.210. The Balaban J connectivity index is 2.04. The Morgan fingerprint density at radius 1 is 1.22 bits per heavy atom. The van der Waals surface area contributed by atoms with Gasteiger partial charge in [0.1, 0.15) is 5.82 Å². The molecule has 0 aliphatic heterocycles. The van der Waals surface area contributed by atoms with Gasteiger partial charge in [0.05, 0.1) is 11.3 Å². The van der Waals surface area contributed by atoms with Crippen molar-refractivity contribution in [3.63, 3.8) is 0 Å². The number of pyridine rings is 1. The largest absolute Gasteiger partial charge is 0.416 e. The average Bonchev–Trinajstić information content (AvgIpc) is 2.52. The molecule has 1 amide bonds. The maximum atomic E-state index is 13.0. The summed E-state index contributed by atoms with van der Waals surface area (Å²) in [4.78, 5) is 15.6. The van der Waals surface area contributed by atoms with E-state index in [0.29, 0.717) is 11.8 Å². The summed E-state index contributed by atoms with van der Waals surface area (Å²) < 4.78 is 51.4. The third-order valence-electron chi connectivity index (χ3n) is 2.92. The molecule has 7 heteroatoms. The lowest BCUT2D eigenvalue weighted by atomic mass is 10.1. The zero-order chi connectivity index (χ0) is 16.9. The average molecular weight is 324 g/mol. The Bertz CT molecular complexity index is 712. The zero-order valence-corrected chi connectivity index (χ0v) is 11.8. The SMILES string of the molecule is O=C(C=Cc1ccccn1)NCc1ccc(F)cc1C(F)(F)F. The van der Waals surface area contributed by atoms with Crippen molar-refractivity contribution in [3.05, 3.63) is 71.3 Å². The molecule has 3 nitrogen and oxygen atoms in total. The highest BCUT2D eigenvalue weighted by Gasteiger charge is 2.33. The second-order valence-electron chi connectivity index (χ2n) is 4.60. The number of hydrogen-bond donors (Lipinski definition) is 1. The number of hydrogen-bond acceptors (Lipinski definition) is 2. The van der Waals surface area contributed by atoms with Crippen LogP contribution < -0.4 is 5.32 Å². The van der Waals surface area contributed by atoms with Crippen molar-refractivity contribution in [1.29, 1.82) is 0 Å². The third-order valence-corrected chi connectivity index (χ3v) is 2.92. The molecule has 1 heterocycles. The van der Waals surface area contributed by atoms with Crippen molar-refractivity contribution in [2.75, 3.05) is 0 Å². The molecule has 1 aromatic heterocycles. The van der Waals surface area contributed by atoms with Gasteiger partial charge in [-0.25, -0.2) is 4.39 Å². The van der Waals surface area contributed by atoms with Crippen LogP contribution in [-0.2, 0) is 17.5 Å². The summed E-state index contributed by atoms with van der Waals surface area (Å²) >= 11 is 0. The van der Waals surface area contributed by atoms with E-state index in [1.165, 1.54) is 12.2 Å². The first-order valence-corrected chi connectivity index (χ1v) is 6.59. The van der Waals surface area contributed by atoms with E-state index in [1.54, 1.807) is 24.4 Å². The molecule has 0 aliphatic carbocycles. The Labute approximate surface area is 129 Å². The number of nitrogens with one attached hydrogen (secondary N) is 1. The van der Waals surface area contributed by atoms with E-state index in [2.05, 4.69) is 10.3 Å². The highest BCUT2D eigenvalue weighted by atomic mass is 19.4. The van der Waals surface area contributed by atoms with Gasteiger partial charge >= 0.3 is 6.18 Å².